The summed E-state index contributed by atoms with van der Waals surface area (Å²) in [6, 6.07) is 13.9. The van der Waals surface area contributed by atoms with Gasteiger partial charge in [0.1, 0.15) is 0 Å². The topological polar surface area (TPSA) is 41.6 Å². The molecule has 0 fully saturated rings. The maximum Gasteiger partial charge on any atom is 0.166 e. The normalized spacial score (nSPS) is 11.4. The fourth-order valence-electron chi connectivity index (χ4n) is 2.71. The summed E-state index contributed by atoms with van der Waals surface area (Å²) < 4.78 is 27.0. The van der Waals surface area contributed by atoms with Crippen molar-refractivity contribution in [3.63, 3.8) is 0 Å². The third-order valence-electron chi connectivity index (χ3n) is 4.01. The Morgan fingerprint density at radius 2 is 1.72 bits per heavy atom. The van der Waals surface area contributed by atoms with E-state index < -0.39 is 11.6 Å². The van der Waals surface area contributed by atoms with Crippen LogP contribution in [0.1, 0.15) is 11.3 Å². The van der Waals surface area contributed by atoms with Crippen LogP contribution in [0, 0.1) is 11.6 Å². The fourth-order valence-corrected chi connectivity index (χ4v) is 2.71. The number of H-pyrrole nitrogens is 1. The number of benzene rings is 2. The second kappa shape index (κ2) is 6.28. The largest absolute Gasteiger partial charge is 0.277 e. The Bertz CT molecular complexity index is 1070. The first-order chi connectivity index (χ1) is 12.2. The maximum atomic E-state index is 13.7. The second-order valence-corrected chi connectivity index (χ2v) is 5.58. The number of nitrogens with zero attached hydrogens (tertiary/aromatic N) is 2. The molecule has 0 aliphatic rings. The predicted molar refractivity (Wildman–Crippen MR) is 94.6 cm³/mol. The van der Waals surface area contributed by atoms with Crippen LogP contribution in [0.2, 0.25) is 0 Å². The van der Waals surface area contributed by atoms with Crippen LogP contribution in [0.3, 0.4) is 0 Å². The van der Waals surface area contributed by atoms with Gasteiger partial charge in [0.2, 0.25) is 0 Å². The summed E-state index contributed by atoms with van der Waals surface area (Å²) in [7, 11) is 0. The molecular formula is C20H13F2N3. The number of fused-ring (bicyclic) bond motifs is 1. The summed E-state index contributed by atoms with van der Waals surface area (Å²) in [6.45, 7) is 0. The summed E-state index contributed by atoms with van der Waals surface area (Å²) >= 11 is 0. The van der Waals surface area contributed by atoms with Crippen LogP contribution in [-0.2, 0) is 0 Å². The highest BCUT2D eigenvalue weighted by Crippen LogP contribution is 2.25. The van der Waals surface area contributed by atoms with Gasteiger partial charge in [-0.15, -0.1) is 0 Å². The van der Waals surface area contributed by atoms with Crippen molar-refractivity contribution in [2.24, 2.45) is 0 Å². The van der Waals surface area contributed by atoms with Gasteiger partial charge in [0, 0.05) is 23.3 Å². The highest BCUT2D eigenvalue weighted by Gasteiger charge is 2.07. The smallest absolute Gasteiger partial charge is 0.166 e. The molecule has 0 saturated heterocycles. The van der Waals surface area contributed by atoms with E-state index in [-0.39, 0.29) is 5.56 Å². The van der Waals surface area contributed by atoms with Crippen LogP contribution in [0.4, 0.5) is 8.78 Å². The third-order valence-corrected chi connectivity index (χ3v) is 4.01. The zero-order valence-corrected chi connectivity index (χ0v) is 13.1. The molecule has 2 aromatic heterocycles. The Morgan fingerprint density at radius 3 is 2.56 bits per heavy atom. The van der Waals surface area contributed by atoms with Gasteiger partial charge >= 0.3 is 0 Å². The minimum absolute atomic E-state index is 0.185. The number of aromatic nitrogens is 3. The van der Waals surface area contributed by atoms with E-state index in [4.69, 9.17) is 0 Å². The van der Waals surface area contributed by atoms with Crippen LogP contribution in [0.15, 0.2) is 60.9 Å². The molecule has 2 heterocycles. The van der Waals surface area contributed by atoms with E-state index in [0.717, 1.165) is 28.1 Å². The summed E-state index contributed by atoms with van der Waals surface area (Å²) in [6.07, 6.45) is 6.68. The lowest BCUT2D eigenvalue weighted by atomic mass is 10.0. The van der Waals surface area contributed by atoms with Crippen molar-refractivity contribution in [3.8, 4) is 11.1 Å². The van der Waals surface area contributed by atoms with Crippen molar-refractivity contribution in [3.05, 3.63) is 83.8 Å². The standard InChI is InChI=1S/C20H13F2N3/c21-17-3-1-2-14(20(17)22)5-7-18-16-6-4-15(12-19(16)25-24-18)13-8-10-23-11-9-13/h1-12H,(H,24,25)/b7-5+. The van der Waals surface area contributed by atoms with Gasteiger partial charge in [-0.05, 0) is 53.6 Å². The quantitative estimate of drug-likeness (QED) is 0.568. The van der Waals surface area contributed by atoms with Gasteiger partial charge in [-0.3, -0.25) is 10.1 Å². The molecule has 0 spiro atoms. The number of hydrogen-bond acceptors (Lipinski definition) is 2. The van der Waals surface area contributed by atoms with E-state index in [1.165, 1.54) is 18.2 Å². The fraction of sp³-hybridized carbons (Fsp3) is 0. The van der Waals surface area contributed by atoms with Crippen molar-refractivity contribution in [1.29, 1.82) is 0 Å². The molecule has 0 unspecified atom stereocenters. The van der Waals surface area contributed by atoms with Gasteiger partial charge < -0.3 is 0 Å². The molecule has 4 rings (SSSR count). The van der Waals surface area contributed by atoms with Gasteiger partial charge in [0.15, 0.2) is 11.6 Å². The van der Waals surface area contributed by atoms with Crippen LogP contribution in [0.5, 0.6) is 0 Å². The molecule has 3 nitrogen and oxygen atoms in total. The summed E-state index contributed by atoms with van der Waals surface area (Å²) in [4.78, 5) is 4.02. The summed E-state index contributed by atoms with van der Waals surface area (Å²) in [5.41, 5.74) is 3.83. The molecule has 0 saturated carbocycles. The molecule has 0 radical (unpaired) electrons. The lowest BCUT2D eigenvalue weighted by Gasteiger charge is -2.01. The molecule has 2 aromatic carbocycles. The Balaban J connectivity index is 1.70. The molecule has 5 heteroatoms. The highest BCUT2D eigenvalue weighted by molar-refractivity contribution is 5.92. The van der Waals surface area contributed by atoms with Gasteiger partial charge in [-0.1, -0.05) is 18.2 Å². The molecular weight excluding hydrogens is 320 g/mol. The van der Waals surface area contributed by atoms with Crippen molar-refractivity contribution in [2.45, 2.75) is 0 Å². The predicted octanol–water partition coefficient (Wildman–Crippen LogP) is 5.07. The SMILES string of the molecule is Fc1cccc(/C=C/c2n[nH]c3cc(-c4ccncc4)ccc23)c1F. The maximum absolute atomic E-state index is 13.7. The van der Waals surface area contributed by atoms with E-state index in [9.17, 15) is 8.78 Å². The number of nitrogens with one attached hydrogen (secondary N) is 1. The van der Waals surface area contributed by atoms with Crippen molar-refractivity contribution in [1.82, 2.24) is 15.2 Å². The molecule has 0 bridgehead atoms. The van der Waals surface area contributed by atoms with E-state index in [0.29, 0.717) is 5.69 Å². The molecule has 0 amide bonds. The van der Waals surface area contributed by atoms with E-state index >= 15 is 0 Å². The van der Waals surface area contributed by atoms with Crippen LogP contribution < -0.4 is 0 Å². The zero-order chi connectivity index (χ0) is 17.2. The van der Waals surface area contributed by atoms with Gasteiger partial charge in [-0.25, -0.2) is 8.78 Å². The van der Waals surface area contributed by atoms with Crippen molar-refractivity contribution in [2.75, 3.05) is 0 Å². The highest BCUT2D eigenvalue weighted by atomic mass is 19.2. The molecule has 25 heavy (non-hydrogen) atoms. The Labute approximate surface area is 142 Å². The van der Waals surface area contributed by atoms with Crippen LogP contribution in [-0.4, -0.2) is 15.2 Å². The number of hydrogen-bond donors (Lipinski definition) is 1. The summed E-state index contributed by atoms with van der Waals surface area (Å²) in [5, 5.41) is 8.14. The molecule has 0 atom stereocenters. The lowest BCUT2D eigenvalue weighted by molar-refractivity contribution is 0.507. The first kappa shape index (κ1) is 15.2. The zero-order valence-electron chi connectivity index (χ0n) is 13.1. The average molecular weight is 333 g/mol. The van der Waals surface area contributed by atoms with Gasteiger partial charge in [0.25, 0.3) is 0 Å². The number of halogens is 2. The van der Waals surface area contributed by atoms with Crippen molar-refractivity contribution >= 4 is 23.1 Å². The molecule has 1 N–H and O–H groups in total. The first-order valence-corrected chi connectivity index (χ1v) is 7.73. The number of aromatic amines is 1. The number of pyridine rings is 1. The number of rotatable bonds is 3. The van der Waals surface area contributed by atoms with E-state index in [1.807, 2.05) is 30.3 Å². The third kappa shape index (κ3) is 2.92. The van der Waals surface area contributed by atoms with Crippen LogP contribution >= 0.6 is 0 Å². The molecule has 122 valence electrons. The minimum atomic E-state index is -0.865. The van der Waals surface area contributed by atoms with E-state index in [1.54, 1.807) is 18.5 Å². The first-order valence-electron chi connectivity index (χ1n) is 7.73. The van der Waals surface area contributed by atoms with E-state index in [2.05, 4.69) is 15.2 Å². The molecule has 0 aliphatic heterocycles. The summed E-state index contributed by atoms with van der Waals surface area (Å²) in [5.74, 6) is -1.73. The second-order valence-electron chi connectivity index (χ2n) is 5.58. The minimum Gasteiger partial charge on any atom is -0.277 e. The Kier molecular flexibility index (Phi) is 3.82. The Hall–Kier alpha value is -3.34. The monoisotopic (exact) mass is 333 g/mol. The Morgan fingerprint density at radius 1 is 0.880 bits per heavy atom. The van der Waals surface area contributed by atoms with Gasteiger partial charge in [0.05, 0.1) is 11.2 Å². The van der Waals surface area contributed by atoms with Crippen molar-refractivity contribution < 1.29 is 8.78 Å². The lowest BCUT2D eigenvalue weighted by Crippen LogP contribution is -1.87. The molecule has 4 aromatic rings. The average Bonchev–Trinajstić information content (AvgIpc) is 3.06. The molecule has 0 aliphatic carbocycles. The van der Waals surface area contributed by atoms with Gasteiger partial charge in [-0.2, -0.15) is 5.10 Å². The van der Waals surface area contributed by atoms with Crippen LogP contribution in [0.25, 0.3) is 34.2 Å².